The molecule has 1 saturated carbocycles. The maximum absolute atomic E-state index is 13.2. The molecule has 1 aliphatic heterocycles. The molecule has 4 rings (SSSR count). The van der Waals surface area contributed by atoms with Crippen LogP contribution in [0.25, 0.3) is 10.6 Å². The molecule has 1 aromatic heterocycles. The van der Waals surface area contributed by atoms with Crippen molar-refractivity contribution in [2.24, 2.45) is 0 Å². The molecule has 8 heteroatoms. The van der Waals surface area contributed by atoms with Gasteiger partial charge in [0.25, 0.3) is 5.91 Å². The molecule has 0 radical (unpaired) electrons. The number of hydrogen-bond acceptors (Lipinski definition) is 7. The molecule has 1 aliphatic carbocycles. The SMILES string of the molecule is COc1cc(-c2nc(C)c(C(=O)N3CCN(C4CCCC4)CC3)s2)cc(OC)c1OC. The number of thiazole rings is 1. The van der Waals surface area contributed by atoms with Crippen LogP contribution in [-0.2, 0) is 0 Å². The molecular formula is C23H31N3O4S. The highest BCUT2D eigenvalue weighted by molar-refractivity contribution is 7.17. The van der Waals surface area contributed by atoms with Crippen molar-refractivity contribution in [2.45, 2.75) is 38.6 Å². The van der Waals surface area contributed by atoms with Gasteiger partial charge < -0.3 is 19.1 Å². The van der Waals surface area contributed by atoms with Gasteiger partial charge in [0, 0.05) is 37.8 Å². The van der Waals surface area contributed by atoms with Crippen LogP contribution in [0.15, 0.2) is 12.1 Å². The lowest BCUT2D eigenvalue weighted by atomic mass is 10.1. The highest BCUT2D eigenvalue weighted by Crippen LogP contribution is 2.42. The molecule has 2 aliphatic rings. The quantitative estimate of drug-likeness (QED) is 0.673. The first-order chi connectivity index (χ1) is 15.0. The molecular weight excluding hydrogens is 414 g/mol. The Morgan fingerprint density at radius 2 is 1.61 bits per heavy atom. The number of rotatable bonds is 6. The van der Waals surface area contributed by atoms with Crippen molar-refractivity contribution >= 4 is 17.2 Å². The monoisotopic (exact) mass is 445 g/mol. The Kier molecular flexibility index (Phi) is 6.67. The van der Waals surface area contributed by atoms with Crippen molar-refractivity contribution in [3.8, 4) is 27.8 Å². The summed E-state index contributed by atoms with van der Waals surface area (Å²) in [5.74, 6) is 1.76. The van der Waals surface area contributed by atoms with E-state index in [1.165, 1.54) is 37.0 Å². The highest BCUT2D eigenvalue weighted by Gasteiger charge is 2.30. The number of ether oxygens (including phenoxy) is 3. The maximum Gasteiger partial charge on any atom is 0.265 e. The van der Waals surface area contributed by atoms with E-state index in [0.717, 1.165) is 42.4 Å². The van der Waals surface area contributed by atoms with Crippen molar-refractivity contribution in [3.63, 3.8) is 0 Å². The minimum atomic E-state index is 0.0831. The molecule has 31 heavy (non-hydrogen) atoms. The first-order valence-corrected chi connectivity index (χ1v) is 11.7. The van der Waals surface area contributed by atoms with Crippen molar-refractivity contribution in [3.05, 3.63) is 22.7 Å². The van der Waals surface area contributed by atoms with Crippen LogP contribution in [0, 0.1) is 6.92 Å². The summed E-state index contributed by atoms with van der Waals surface area (Å²) >= 11 is 1.42. The normalized spacial score (nSPS) is 17.7. The molecule has 0 unspecified atom stereocenters. The zero-order chi connectivity index (χ0) is 22.0. The topological polar surface area (TPSA) is 64.1 Å². The summed E-state index contributed by atoms with van der Waals surface area (Å²) < 4.78 is 16.3. The number of piperazine rings is 1. The summed E-state index contributed by atoms with van der Waals surface area (Å²) in [5.41, 5.74) is 1.60. The van der Waals surface area contributed by atoms with Crippen LogP contribution in [-0.4, -0.2) is 74.2 Å². The Balaban J connectivity index is 1.52. The van der Waals surface area contributed by atoms with Crippen molar-refractivity contribution in [2.75, 3.05) is 47.5 Å². The molecule has 2 heterocycles. The molecule has 1 amide bonds. The fourth-order valence-corrected chi connectivity index (χ4v) is 5.65. The number of hydrogen-bond donors (Lipinski definition) is 0. The number of carbonyl (C=O) groups excluding carboxylic acids is 1. The van der Waals surface area contributed by atoms with Gasteiger partial charge in [-0.1, -0.05) is 12.8 Å². The van der Waals surface area contributed by atoms with Gasteiger partial charge in [-0.3, -0.25) is 9.69 Å². The molecule has 0 atom stereocenters. The molecule has 2 fully saturated rings. The van der Waals surface area contributed by atoms with Crippen LogP contribution >= 0.6 is 11.3 Å². The standard InChI is InChI=1S/C23H31N3O4S/c1-15-21(23(27)26-11-9-25(10-12-26)17-7-5-6-8-17)31-22(24-15)16-13-18(28-2)20(30-4)19(14-16)29-3/h13-14,17H,5-12H2,1-4H3. The Labute approximate surface area is 187 Å². The Morgan fingerprint density at radius 3 is 2.16 bits per heavy atom. The first-order valence-electron chi connectivity index (χ1n) is 10.9. The van der Waals surface area contributed by atoms with E-state index in [1.54, 1.807) is 21.3 Å². The van der Waals surface area contributed by atoms with E-state index < -0.39 is 0 Å². The molecule has 168 valence electrons. The lowest BCUT2D eigenvalue weighted by molar-refractivity contribution is 0.0577. The van der Waals surface area contributed by atoms with Gasteiger partial charge in [0.2, 0.25) is 5.75 Å². The van der Waals surface area contributed by atoms with Crippen LogP contribution < -0.4 is 14.2 Å². The number of carbonyl (C=O) groups is 1. The van der Waals surface area contributed by atoms with Gasteiger partial charge in [-0.2, -0.15) is 0 Å². The molecule has 0 bridgehead atoms. The van der Waals surface area contributed by atoms with Crippen LogP contribution in [0.5, 0.6) is 17.2 Å². The average molecular weight is 446 g/mol. The van der Waals surface area contributed by atoms with Gasteiger partial charge in [0.05, 0.1) is 27.0 Å². The minimum Gasteiger partial charge on any atom is -0.493 e. The third kappa shape index (κ3) is 4.36. The fourth-order valence-electron chi connectivity index (χ4n) is 4.63. The van der Waals surface area contributed by atoms with Crippen LogP contribution in [0.2, 0.25) is 0 Å². The summed E-state index contributed by atoms with van der Waals surface area (Å²) in [6.45, 7) is 5.40. The van der Waals surface area contributed by atoms with Crippen LogP contribution in [0.3, 0.4) is 0 Å². The second-order valence-corrected chi connectivity index (χ2v) is 9.11. The van der Waals surface area contributed by atoms with E-state index in [-0.39, 0.29) is 5.91 Å². The van der Waals surface area contributed by atoms with Crippen molar-refractivity contribution < 1.29 is 19.0 Å². The minimum absolute atomic E-state index is 0.0831. The predicted octanol–water partition coefficient (Wildman–Crippen LogP) is 3.84. The Bertz CT molecular complexity index is 906. The fraction of sp³-hybridized carbons (Fsp3) is 0.565. The number of amides is 1. The third-order valence-electron chi connectivity index (χ3n) is 6.35. The van der Waals surface area contributed by atoms with Gasteiger partial charge in [-0.15, -0.1) is 11.3 Å². The molecule has 0 spiro atoms. The van der Waals surface area contributed by atoms with Gasteiger partial charge >= 0.3 is 0 Å². The smallest absolute Gasteiger partial charge is 0.265 e. The van der Waals surface area contributed by atoms with E-state index in [1.807, 2.05) is 24.0 Å². The number of methoxy groups -OCH3 is 3. The summed E-state index contributed by atoms with van der Waals surface area (Å²) in [6, 6.07) is 4.46. The van der Waals surface area contributed by atoms with Crippen LogP contribution in [0.4, 0.5) is 0 Å². The lowest BCUT2D eigenvalue weighted by Crippen LogP contribution is -2.51. The Morgan fingerprint density at radius 1 is 1.00 bits per heavy atom. The van der Waals surface area contributed by atoms with E-state index in [4.69, 9.17) is 14.2 Å². The summed E-state index contributed by atoms with van der Waals surface area (Å²) in [7, 11) is 4.76. The average Bonchev–Trinajstić information content (AvgIpc) is 3.48. The zero-order valence-electron chi connectivity index (χ0n) is 18.8. The largest absolute Gasteiger partial charge is 0.493 e. The van der Waals surface area contributed by atoms with Gasteiger partial charge in [-0.05, 0) is 31.9 Å². The summed E-state index contributed by atoms with van der Waals surface area (Å²) in [6.07, 6.45) is 5.29. The molecule has 0 N–H and O–H groups in total. The van der Waals surface area contributed by atoms with Crippen molar-refractivity contribution in [1.29, 1.82) is 0 Å². The zero-order valence-corrected chi connectivity index (χ0v) is 19.6. The number of aromatic nitrogens is 1. The van der Waals surface area contributed by atoms with Gasteiger partial charge in [0.15, 0.2) is 11.5 Å². The van der Waals surface area contributed by atoms with E-state index in [0.29, 0.717) is 28.2 Å². The summed E-state index contributed by atoms with van der Waals surface area (Å²) in [4.78, 5) is 23.2. The number of nitrogens with zero attached hydrogens (tertiary/aromatic N) is 3. The molecule has 1 saturated heterocycles. The number of benzene rings is 1. The predicted molar refractivity (Wildman–Crippen MR) is 122 cm³/mol. The molecule has 2 aromatic rings. The molecule has 1 aromatic carbocycles. The highest BCUT2D eigenvalue weighted by atomic mass is 32.1. The number of aryl methyl sites for hydroxylation is 1. The van der Waals surface area contributed by atoms with E-state index >= 15 is 0 Å². The van der Waals surface area contributed by atoms with Crippen LogP contribution in [0.1, 0.15) is 41.0 Å². The molecule has 7 nitrogen and oxygen atoms in total. The summed E-state index contributed by atoms with van der Waals surface area (Å²) in [5, 5.41) is 0.768. The Hall–Kier alpha value is -2.32. The van der Waals surface area contributed by atoms with E-state index in [2.05, 4.69) is 9.88 Å². The lowest BCUT2D eigenvalue weighted by Gasteiger charge is -2.37. The third-order valence-corrected chi connectivity index (χ3v) is 7.54. The van der Waals surface area contributed by atoms with Gasteiger partial charge in [-0.25, -0.2) is 4.98 Å². The van der Waals surface area contributed by atoms with Crippen molar-refractivity contribution in [1.82, 2.24) is 14.8 Å². The first kappa shape index (κ1) is 21.9. The maximum atomic E-state index is 13.2. The van der Waals surface area contributed by atoms with Gasteiger partial charge in [0.1, 0.15) is 9.88 Å². The second-order valence-electron chi connectivity index (χ2n) is 8.11. The second kappa shape index (κ2) is 9.44. The van der Waals surface area contributed by atoms with E-state index in [9.17, 15) is 4.79 Å².